The highest BCUT2D eigenvalue weighted by atomic mass is 16.5. The molecule has 0 radical (unpaired) electrons. The van der Waals surface area contributed by atoms with Crippen LogP contribution in [0, 0.1) is 11.3 Å². The van der Waals surface area contributed by atoms with Crippen LogP contribution in [0.5, 0.6) is 5.75 Å². The number of amides is 2. The van der Waals surface area contributed by atoms with Crippen molar-refractivity contribution >= 4 is 28.3 Å². The van der Waals surface area contributed by atoms with Crippen LogP contribution in [0.3, 0.4) is 0 Å². The minimum Gasteiger partial charge on any atom is -0.494 e. The van der Waals surface area contributed by atoms with E-state index in [1.165, 1.54) is 0 Å². The molecule has 3 aromatic carbocycles. The average molecular weight is 493 g/mol. The standard InChI is InChI=1S/C29H28N6O2/c1-3-37-24-14-10-22(11-15-24)27-25-6-4-5-7-26(25)28(33-32-27)34-16-17-35(20(2)19-34)29(36)31-23-12-8-21(18-30)9-13-23/h4-15,20H,3,16-17,19H2,1-2H3,(H,31,36)/t20-/m0/s1. The summed E-state index contributed by atoms with van der Waals surface area (Å²) in [4.78, 5) is 17.0. The summed E-state index contributed by atoms with van der Waals surface area (Å²) in [7, 11) is 0. The Hall–Kier alpha value is -4.64. The molecule has 0 unspecified atom stereocenters. The van der Waals surface area contributed by atoms with Gasteiger partial charge in [-0.3, -0.25) is 0 Å². The van der Waals surface area contributed by atoms with Crippen LogP contribution in [-0.2, 0) is 0 Å². The smallest absolute Gasteiger partial charge is 0.322 e. The molecule has 2 heterocycles. The van der Waals surface area contributed by atoms with Crippen molar-refractivity contribution in [2.24, 2.45) is 0 Å². The summed E-state index contributed by atoms with van der Waals surface area (Å²) in [5.41, 5.74) is 3.04. The number of nitrogens with zero attached hydrogens (tertiary/aromatic N) is 5. The van der Waals surface area contributed by atoms with Gasteiger partial charge in [0.05, 0.1) is 18.2 Å². The van der Waals surface area contributed by atoms with Gasteiger partial charge in [-0.15, -0.1) is 10.2 Å². The van der Waals surface area contributed by atoms with Crippen LogP contribution < -0.4 is 15.0 Å². The lowest BCUT2D eigenvalue weighted by Gasteiger charge is -2.40. The minimum absolute atomic E-state index is 0.0292. The highest BCUT2D eigenvalue weighted by Gasteiger charge is 2.29. The molecule has 1 saturated heterocycles. The van der Waals surface area contributed by atoms with Gasteiger partial charge < -0.3 is 19.9 Å². The Kier molecular flexibility index (Phi) is 6.86. The zero-order valence-electron chi connectivity index (χ0n) is 20.9. The lowest BCUT2D eigenvalue weighted by Crippen LogP contribution is -2.55. The third-order valence-corrected chi connectivity index (χ3v) is 6.56. The number of rotatable bonds is 5. The monoisotopic (exact) mass is 492 g/mol. The Bertz CT molecular complexity index is 1450. The van der Waals surface area contributed by atoms with E-state index >= 15 is 0 Å². The van der Waals surface area contributed by atoms with Crippen molar-refractivity contribution < 1.29 is 9.53 Å². The van der Waals surface area contributed by atoms with Gasteiger partial charge in [0.25, 0.3) is 0 Å². The molecule has 0 saturated carbocycles. The first-order valence-corrected chi connectivity index (χ1v) is 12.4. The maximum Gasteiger partial charge on any atom is 0.322 e. The molecule has 8 nitrogen and oxygen atoms in total. The van der Waals surface area contributed by atoms with Crippen molar-refractivity contribution in [2.45, 2.75) is 19.9 Å². The quantitative estimate of drug-likeness (QED) is 0.406. The van der Waals surface area contributed by atoms with Crippen LogP contribution in [-0.4, -0.2) is 53.4 Å². The Balaban J connectivity index is 1.34. The summed E-state index contributed by atoms with van der Waals surface area (Å²) < 4.78 is 5.57. The highest BCUT2D eigenvalue weighted by Crippen LogP contribution is 2.33. The average Bonchev–Trinajstić information content (AvgIpc) is 2.93. The van der Waals surface area contributed by atoms with Crippen molar-refractivity contribution in [1.82, 2.24) is 15.1 Å². The molecule has 186 valence electrons. The van der Waals surface area contributed by atoms with Crippen LogP contribution >= 0.6 is 0 Å². The Labute approximate surface area is 216 Å². The van der Waals surface area contributed by atoms with Gasteiger partial charge in [-0.25, -0.2) is 4.79 Å². The summed E-state index contributed by atoms with van der Waals surface area (Å²) >= 11 is 0. The molecule has 1 atom stereocenters. The Morgan fingerprint density at radius 2 is 1.76 bits per heavy atom. The molecule has 4 aromatic rings. The molecular formula is C29H28N6O2. The molecule has 2 amide bonds. The van der Waals surface area contributed by atoms with Gasteiger partial charge >= 0.3 is 6.03 Å². The van der Waals surface area contributed by atoms with E-state index in [0.717, 1.165) is 33.6 Å². The summed E-state index contributed by atoms with van der Waals surface area (Å²) in [5.74, 6) is 1.65. The number of nitriles is 1. The van der Waals surface area contributed by atoms with Gasteiger partial charge in [0, 0.05) is 47.7 Å². The van der Waals surface area contributed by atoms with Gasteiger partial charge in [0.15, 0.2) is 5.82 Å². The summed E-state index contributed by atoms with van der Waals surface area (Å²) in [6, 6.07) is 24.9. The summed E-state index contributed by atoms with van der Waals surface area (Å²) in [6.07, 6.45) is 0. The van der Waals surface area contributed by atoms with Crippen LogP contribution in [0.4, 0.5) is 16.3 Å². The number of carbonyl (C=O) groups is 1. The molecule has 1 N–H and O–H groups in total. The topological polar surface area (TPSA) is 94.4 Å². The van der Waals surface area contributed by atoms with Crippen molar-refractivity contribution in [3.8, 4) is 23.1 Å². The number of anilines is 2. The number of hydrogen-bond acceptors (Lipinski definition) is 6. The van der Waals surface area contributed by atoms with E-state index in [1.807, 2.05) is 55.1 Å². The van der Waals surface area contributed by atoms with Gasteiger partial charge in [0.1, 0.15) is 11.4 Å². The number of benzene rings is 3. The number of urea groups is 1. The highest BCUT2D eigenvalue weighted by molar-refractivity contribution is 6.00. The molecule has 37 heavy (non-hydrogen) atoms. The number of fused-ring (bicyclic) bond motifs is 1. The van der Waals surface area contributed by atoms with Crippen LogP contribution in [0.15, 0.2) is 72.8 Å². The number of ether oxygens (including phenoxy) is 1. The number of nitrogens with one attached hydrogen (secondary N) is 1. The van der Waals surface area contributed by atoms with Crippen LogP contribution in [0.2, 0.25) is 0 Å². The third-order valence-electron chi connectivity index (χ3n) is 6.56. The zero-order chi connectivity index (χ0) is 25.8. The van der Waals surface area contributed by atoms with E-state index in [2.05, 4.69) is 38.6 Å². The van der Waals surface area contributed by atoms with E-state index in [0.29, 0.717) is 37.5 Å². The van der Waals surface area contributed by atoms with Crippen molar-refractivity contribution in [1.29, 1.82) is 5.26 Å². The maximum absolute atomic E-state index is 12.9. The maximum atomic E-state index is 12.9. The normalized spacial score (nSPS) is 15.3. The van der Waals surface area contributed by atoms with Gasteiger partial charge in [-0.05, 0) is 62.4 Å². The molecule has 8 heteroatoms. The Morgan fingerprint density at radius 1 is 1.03 bits per heavy atom. The van der Waals surface area contributed by atoms with E-state index < -0.39 is 0 Å². The summed E-state index contributed by atoms with van der Waals surface area (Å²) in [5, 5.41) is 23.3. The first-order valence-electron chi connectivity index (χ1n) is 12.4. The molecule has 1 fully saturated rings. The molecule has 5 rings (SSSR count). The largest absolute Gasteiger partial charge is 0.494 e. The minimum atomic E-state index is -0.154. The first kappa shape index (κ1) is 24.1. The first-order chi connectivity index (χ1) is 18.1. The van der Waals surface area contributed by atoms with Gasteiger partial charge in [-0.1, -0.05) is 24.3 Å². The lowest BCUT2D eigenvalue weighted by molar-refractivity contribution is 0.184. The molecule has 0 spiro atoms. The van der Waals surface area contributed by atoms with E-state index in [9.17, 15) is 4.79 Å². The van der Waals surface area contributed by atoms with E-state index in [1.54, 1.807) is 24.3 Å². The van der Waals surface area contributed by atoms with E-state index in [-0.39, 0.29) is 12.1 Å². The Morgan fingerprint density at radius 3 is 2.43 bits per heavy atom. The molecule has 0 aliphatic carbocycles. The van der Waals surface area contributed by atoms with Crippen LogP contribution in [0.1, 0.15) is 19.4 Å². The number of hydrogen-bond donors (Lipinski definition) is 1. The predicted octanol–water partition coefficient (Wildman–Crippen LogP) is 5.31. The molecular weight excluding hydrogens is 464 g/mol. The predicted molar refractivity (Wildman–Crippen MR) is 145 cm³/mol. The van der Waals surface area contributed by atoms with Crippen molar-refractivity contribution in [3.63, 3.8) is 0 Å². The zero-order valence-corrected chi connectivity index (χ0v) is 20.9. The SMILES string of the molecule is CCOc1ccc(-c2nnc(N3CCN(C(=O)Nc4ccc(C#N)cc4)[C@@H](C)C3)c3ccccc23)cc1. The fourth-order valence-corrected chi connectivity index (χ4v) is 4.69. The second-order valence-electron chi connectivity index (χ2n) is 8.98. The molecule has 1 aliphatic heterocycles. The molecule has 0 bridgehead atoms. The number of carbonyl (C=O) groups excluding carboxylic acids is 1. The third kappa shape index (κ3) is 5.02. The van der Waals surface area contributed by atoms with Gasteiger partial charge in [0.2, 0.25) is 0 Å². The second-order valence-corrected chi connectivity index (χ2v) is 8.98. The number of piperazine rings is 1. The molecule has 1 aromatic heterocycles. The van der Waals surface area contributed by atoms with Crippen molar-refractivity contribution in [2.75, 3.05) is 36.5 Å². The van der Waals surface area contributed by atoms with E-state index in [4.69, 9.17) is 10.00 Å². The second kappa shape index (κ2) is 10.5. The fraction of sp³-hybridized carbons (Fsp3) is 0.241. The fourth-order valence-electron chi connectivity index (χ4n) is 4.69. The molecule has 1 aliphatic rings. The lowest BCUT2D eigenvalue weighted by atomic mass is 10.0. The number of aromatic nitrogens is 2. The van der Waals surface area contributed by atoms with Crippen molar-refractivity contribution in [3.05, 3.63) is 78.4 Å². The summed E-state index contributed by atoms with van der Waals surface area (Å²) in [6.45, 7) is 6.47. The van der Waals surface area contributed by atoms with Gasteiger partial charge in [-0.2, -0.15) is 5.26 Å². The van der Waals surface area contributed by atoms with Crippen LogP contribution in [0.25, 0.3) is 22.0 Å².